The number of nitrogens with two attached hydrogens (primary N) is 1. The first-order chi connectivity index (χ1) is 7.08. The Hall–Kier alpha value is -1.62. The molecule has 0 aliphatic rings. The normalized spacial score (nSPS) is 13.1. The highest BCUT2D eigenvalue weighted by Crippen LogP contribution is 2.17. The Morgan fingerprint density at radius 2 is 2.07 bits per heavy atom. The van der Waals surface area contributed by atoms with Gasteiger partial charge in [-0.25, -0.2) is 0 Å². The second-order valence-corrected chi connectivity index (χ2v) is 3.73. The van der Waals surface area contributed by atoms with Gasteiger partial charge in [0.05, 0.1) is 23.1 Å². The van der Waals surface area contributed by atoms with E-state index in [0.29, 0.717) is 0 Å². The van der Waals surface area contributed by atoms with E-state index in [1.807, 2.05) is 39.3 Å². The molecule has 2 heterocycles. The highest BCUT2D eigenvalue weighted by Gasteiger charge is 2.15. The molecule has 0 bridgehead atoms. The van der Waals surface area contributed by atoms with Gasteiger partial charge in [-0.05, 0) is 19.1 Å². The number of rotatable bonds is 2. The molecule has 1 atom stereocenters. The third kappa shape index (κ3) is 1.78. The minimum absolute atomic E-state index is 0.211. The van der Waals surface area contributed by atoms with Gasteiger partial charge in [0, 0.05) is 20.3 Å². The summed E-state index contributed by atoms with van der Waals surface area (Å²) in [6.07, 6.45) is 1.89. The van der Waals surface area contributed by atoms with E-state index in [1.54, 1.807) is 9.36 Å². The first-order valence-electron chi connectivity index (χ1n) is 4.83. The van der Waals surface area contributed by atoms with Crippen molar-refractivity contribution in [2.24, 2.45) is 19.8 Å². The zero-order valence-electron chi connectivity index (χ0n) is 9.18. The van der Waals surface area contributed by atoms with Crippen molar-refractivity contribution in [2.45, 2.75) is 13.0 Å². The summed E-state index contributed by atoms with van der Waals surface area (Å²) in [5, 5.41) is 8.55. The predicted molar refractivity (Wildman–Crippen MR) is 57.2 cm³/mol. The number of hydrogen-bond acceptors (Lipinski definition) is 3. The summed E-state index contributed by atoms with van der Waals surface area (Å²) in [5.74, 6) is 0. The number of aryl methyl sites for hydroxylation is 3. The van der Waals surface area contributed by atoms with Gasteiger partial charge >= 0.3 is 0 Å². The van der Waals surface area contributed by atoms with Crippen LogP contribution in [0.4, 0.5) is 0 Å². The molecule has 0 saturated carbocycles. The standard InChI is InChI=1S/C10H15N5/c1-7-6-9(15(3)12-7)10(11)8-4-5-14(2)13-8/h4-6,10H,11H2,1-3H3. The Morgan fingerprint density at radius 3 is 2.53 bits per heavy atom. The maximum Gasteiger partial charge on any atom is 0.0915 e. The van der Waals surface area contributed by atoms with Crippen LogP contribution in [-0.4, -0.2) is 19.6 Å². The lowest BCUT2D eigenvalue weighted by Crippen LogP contribution is -2.16. The van der Waals surface area contributed by atoms with Crippen molar-refractivity contribution in [3.8, 4) is 0 Å². The lowest BCUT2D eigenvalue weighted by atomic mass is 10.1. The first kappa shape index (κ1) is 9.92. The molecule has 2 N–H and O–H groups in total. The van der Waals surface area contributed by atoms with Crippen molar-refractivity contribution in [1.29, 1.82) is 0 Å². The smallest absolute Gasteiger partial charge is 0.0915 e. The Balaban J connectivity index is 2.35. The van der Waals surface area contributed by atoms with E-state index in [-0.39, 0.29) is 6.04 Å². The molecule has 0 aliphatic heterocycles. The second-order valence-electron chi connectivity index (χ2n) is 3.73. The van der Waals surface area contributed by atoms with Gasteiger partial charge in [0.15, 0.2) is 0 Å². The maximum atomic E-state index is 6.11. The summed E-state index contributed by atoms with van der Waals surface area (Å²) in [6.45, 7) is 1.95. The van der Waals surface area contributed by atoms with Crippen LogP contribution in [0.2, 0.25) is 0 Å². The van der Waals surface area contributed by atoms with Crippen LogP contribution in [0.1, 0.15) is 23.1 Å². The minimum atomic E-state index is -0.211. The minimum Gasteiger partial charge on any atom is -0.318 e. The van der Waals surface area contributed by atoms with Crippen LogP contribution < -0.4 is 5.73 Å². The molecule has 15 heavy (non-hydrogen) atoms. The van der Waals surface area contributed by atoms with Gasteiger partial charge in [-0.2, -0.15) is 10.2 Å². The molecule has 2 aromatic rings. The highest BCUT2D eigenvalue weighted by atomic mass is 15.3. The zero-order chi connectivity index (χ0) is 11.0. The maximum absolute atomic E-state index is 6.11. The van der Waals surface area contributed by atoms with Crippen LogP contribution in [0, 0.1) is 6.92 Å². The average molecular weight is 205 g/mol. The number of hydrogen-bond donors (Lipinski definition) is 1. The Kier molecular flexibility index (Phi) is 2.32. The summed E-state index contributed by atoms with van der Waals surface area (Å²) < 4.78 is 3.55. The molecule has 0 spiro atoms. The third-order valence-corrected chi connectivity index (χ3v) is 2.41. The SMILES string of the molecule is Cc1cc(C(N)c2ccn(C)n2)n(C)n1. The molecule has 0 aromatic carbocycles. The Bertz CT molecular complexity index is 468. The first-order valence-corrected chi connectivity index (χ1v) is 4.83. The van der Waals surface area contributed by atoms with Crippen molar-refractivity contribution in [2.75, 3.05) is 0 Å². The van der Waals surface area contributed by atoms with E-state index in [9.17, 15) is 0 Å². The quantitative estimate of drug-likeness (QED) is 0.777. The van der Waals surface area contributed by atoms with E-state index in [4.69, 9.17) is 5.73 Å². The molecule has 1 unspecified atom stereocenters. The third-order valence-electron chi connectivity index (χ3n) is 2.41. The van der Waals surface area contributed by atoms with E-state index in [1.165, 1.54) is 0 Å². The molecule has 0 aliphatic carbocycles. The van der Waals surface area contributed by atoms with Crippen molar-refractivity contribution < 1.29 is 0 Å². The summed E-state index contributed by atoms with van der Waals surface area (Å²) in [6, 6.07) is 3.70. The molecular formula is C10H15N5. The van der Waals surface area contributed by atoms with Crippen LogP contribution in [0.3, 0.4) is 0 Å². The van der Waals surface area contributed by atoms with Gasteiger partial charge in [-0.15, -0.1) is 0 Å². The van der Waals surface area contributed by atoms with Crippen LogP contribution in [-0.2, 0) is 14.1 Å². The molecule has 80 valence electrons. The van der Waals surface area contributed by atoms with Crippen LogP contribution in [0.5, 0.6) is 0 Å². The monoisotopic (exact) mass is 205 g/mol. The second kappa shape index (κ2) is 3.51. The molecule has 2 rings (SSSR count). The highest BCUT2D eigenvalue weighted by molar-refractivity contribution is 5.22. The molecule has 0 amide bonds. The average Bonchev–Trinajstić information content (AvgIpc) is 2.71. The van der Waals surface area contributed by atoms with Crippen molar-refractivity contribution in [3.63, 3.8) is 0 Å². The molecule has 0 radical (unpaired) electrons. The summed E-state index contributed by atoms with van der Waals surface area (Å²) in [4.78, 5) is 0. The molecule has 0 fully saturated rings. The fourth-order valence-corrected chi connectivity index (χ4v) is 1.67. The largest absolute Gasteiger partial charge is 0.318 e. The summed E-state index contributed by atoms with van der Waals surface area (Å²) in [7, 11) is 3.77. The fourth-order valence-electron chi connectivity index (χ4n) is 1.67. The van der Waals surface area contributed by atoms with Gasteiger partial charge < -0.3 is 5.73 Å². The lowest BCUT2D eigenvalue weighted by molar-refractivity contribution is 0.645. The summed E-state index contributed by atoms with van der Waals surface area (Å²) >= 11 is 0. The van der Waals surface area contributed by atoms with Crippen LogP contribution >= 0.6 is 0 Å². The van der Waals surface area contributed by atoms with Crippen molar-refractivity contribution >= 4 is 0 Å². The van der Waals surface area contributed by atoms with E-state index in [2.05, 4.69) is 10.2 Å². The fraction of sp³-hybridized carbons (Fsp3) is 0.400. The molecule has 0 saturated heterocycles. The van der Waals surface area contributed by atoms with Crippen molar-refractivity contribution in [1.82, 2.24) is 19.6 Å². The van der Waals surface area contributed by atoms with E-state index < -0.39 is 0 Å². The summed E-state index contributed by atoms with van der Waals surface area (Å²) in [5.41, 5.74) is 8.92. The predicted octanol–water partition coefficient (Wildman–Crippen LogP) is 0.510. The van der Waals surface area contributed by atoms with Crippen LogP contribution in [0.15, 0.2) is 18.3 Å². The Labute approximate surface area is 88.5 Å². The lowest BCUT2D eigenvalue weighted by Gasteiger charge is -2.08. The number of nitrogens with zero attached hydrogens (tertiary/aromatic N) is 4. The van der Waals surface area contributed by atoms with E-state index in [0.717, 1.165) is 17.1 Å². The van der Waals surface area contributed by atoms with Gasteiger partial charge in [-0.3, -0.25) is 9.36 Å². The van der Waals surface area contributed by atoms with Gasteiger partial charge in [-0.1, -0.05) is 0 Å². The zero-order valence-corrected chi connectivity index (χ0v) is 9.18. The van der Waals surface area contributed by atoms with Gasteiger partial charge in [0.1, 0.15) is 0 Å². The van der Waals surface area contributed by atoms with Gasteiger partial charge in [0.2, 0.25) is 0 Å². The van der Waals surface area contributed by atoms with Gasteiger partial charge in [0.25, 0.3) is 0 Å². The van der Waals surface area contributed by atoms with Crippen LogP contribution in [0.25, 0.3) is 0 Å². The van der Waals surface area contributed by atoms with Crippen molar-refractivity contribution in [3.05, 3.63) is 35.4 Å². The topological polar surface area (TPSA) is 61.7 Å². The van der Waals surface area contributed by atoms with E-state index >= 15 is 0 Å². The molecule has 5 heteroatoms. The molecule has 2 aromatic heterocycles. The molecular weight excluding hydrogens is 190 g/mol. The number of aromatic nitrogens is 4. The molecule has 5 nitrogen and oxygen atoms in total. The Morgan fingerprint density at radius 1 is 1.33 bits per heavy atom.